The van der Waals surface area contributed by atoms with Crippen molar-refractivity contribution in [1.29, 1.82) is 0 Å². The molecule has 1 atom stereocenters. The minimum absolute atomic E-state index is 0.0716. The highest BCUT2D eigenvalue weighted by Crippen LogP contribution is 2.20. The molecule has 0 bridgehead atoms. The van der Waals surface area contributed by atoms with Gasteiger partial charge >= 0.3 is 5.76 Å². The number of aromatic nitrogens is 3. The Bertz CT molecular complexity index is 1160. The Morgan fingerprint density at radius 3 is 3.00 bits per heavy atom. The van der Waals surface area contributed by atoms with Crippen LogP contribution in [0, 0.1) is 5.92 Å². The highest BCUT2D eigenvalue weighted by molar-refractivity contribution is 7.89. The fourth-order valence-electron chi connectivity index (χ4n) is 3.44. The molecule has 144 valence electrons. The van der Waals surface area contributed by atoms with Crippen molar-refractivity contribution in [3.63, 3.8) is 0 Å². The summed E-state index contributed by atoms with van der Waals surface area (Å²) in [5.41, 5.74) is 1.70. The summed E-state index contributed by atoms with van der Waals surface area (Å²) >= 11 is 0. The van der Waals surface area contributed by atoms with E-state index in [0.29, 0.717) is 17.9 Å². The molecular weight excluding hydrogens is 368 g/mol. The predicted molar refractivity (Wildman–Crippen MR) is 100 cm³/mol. The monoisotopic (exact) mass is 390 g/mol. The third-order valence-electron chi connectivity index (χ3n) is 5.05. The summed E-state index contributed by atoms with van der Waals surface area (Å²) in [4.78, 5) is 16.2. The molecule has 0 spiro atoms. The van der Waals surface area contributed by atoms with Gasteiger partial charge in [0.2, 0.25) is 10.0 Å². The summed E-state index contributed by atoms with van der Waals surface area (Å²) in [7, 11) is -2.12. The first-order valence-electron chi connectivity index (χ1n) is 8.97. The van der Waals surface area contributed by atoms with Gasteiger partial charge in [0.15, 0.2) is 5.58 Å². The van der Waals surface area contributed by atoms with E-state index in [1.165, 1.54) is 16.7 Å². The summed E-state index contributed by atoms with van der Waals surface area (Å²) in [6.45, 7) is 3.44. The van der Waals surface area contributed by atoms with Crippen LogP contribution in [-0.2, 0) is 36.5 Å². The number of hydrogen-bond acceptors (Lipinski definition) is 5. The first kappa shape index (κ1) is 18.0. The van der Waals surface area contributed by atoms with Gasteiger partial charge in [0.1, 0.15) is 5.82 Å². The summed E-state index contributed by atoms with van der Waals surface area (Å²) in [6, 6.07) is 4.41. The average molecular weight is 390 g/mol. The Kier molecular flexibility index (Phi) is 4.43. The number of aryl methyl sites for hydroxylation is 2. The van der Waals surface area contributed by atoms with Crippen molar-refractivity contribution in [2.24, 2.45) is 13.0 Å². The zero-order valence-corrected chi connectivity index (χ0v) is 16.1. The van der Waals surface area contributed by atoms with Crippen LogP contribution in [0.25, 0.3) is 11.1 Å². The van der Waals surface area contributed by atoms with E-state index in [1.54, 1.807) is 13.1 Å². The maximum Gasteiger partial charge on any atom is 0.419 e. The van der Waals surface area contributed by atoms with Crippen molar-refractivity contribution >= 4 is 21.1 Å². The topological polar surface area (TPSA) is 99.1 Å². The maximum absolute atomic E-state index is 12.5. The quantitative estimate of drug-likeness (QED) is 0.711. The van der Waals surface area contributed by atoms with E-state index in [9.17, 15) is 13.2 Å². The number of fused-ring (bicyclic) bond motifs is 2. The lowest BCUT2D eigenvalue weighted by molar-refractivity contribution is 0.409. The Morgan fingerprint density at radius 1 is 1.37 bits per heavy atom. The van der Waals surface area contributed by atoms with Crippen LogP contribution in [-0.4, -0.2) is 29.1 Å². The van der Waals surface area contributed by atoms with Gasteiger partial charge in [-0.15, -0.1) is 0 Å². The highest BCUT2D eigenvalue weighted by atomic mass is 32.2. The molecule has 0 saturated carbocycles. The lowest BCUT2D eigenvalue weighted by Crippen LogP contribution is -2.26. The van der Waals surface area contributed by atoms with Gasteiger partial charge in [-0.3, -0.25) is 4.57 Å². The molecular formula is C18H22N4O4S. The van der Waals surface area contributed by atoms with Gasteiger partial charge in [-0.1, -0.05) is 6.92 Å². The third kappa shape index (κ3) is 3.44. The van der Waals surface area contributed by atoms with E-state index in [2.05, 4.69) is 21.2 Å². The average Bonchev–Trinajstić information content (AvgIpc) is 3.14. The molecule has 0 radical (unpaired) electrons. The SMILES string of the molecule is CC1CCn2cc(CCNS(=O)(=O)c3ccc4c(c3)oc(=O)n4C)nc2C1. The molecule has 1 aromatic carbocycles. The number of nitrogens with one attached hydrogen (secondary N) is 1. The Labute approximate surface area is 156 Å². The second-order valence-corrected chi connectivity index (χ2v) is 8.91. The number of benzene rings is 1. The molecule has 1 N–H and O–H groups in total. The van der Waals surface area contributed by atoms with E-state index >= 15 is 0 Å². The molecule has 9 heteroatoms. The molecule has 27 heavy (non-hydrogen) atoms. The largest absolute Gasteiger partial charge is 0.419 e. The van der Waals surface area contributed by atoms with E-state index in [1.807, 2.05) is 6.20 Å². The van der Waals surface area contributed by atoms with Gasteiger partial charge in [-0.05, 0) is 24.5 Å². The van der Waals surface area contributed by atoms with E-state index in [4.69, 9.17) is 4.42 Å². The minimum Gasteiger partial charge on any atom is -0.408 e. The number of imidazole rings is 1. The fourth-order valence-corrected chi connectivity index (χ4v) is 4.49. The van der Waals surface area contributed by atoms with Gasteiger partial charge in [0.05, 0.1) is 16.1 Å². The fraction of sp³-hybridized carbons (Fsp3) is 0.444. The molecule has 0 saturated heterocycles. The van der Waals surface area contributed by atoms with Crippen molar-refractivity contribution in [1.82, 2.24) is 18.8 Å². The second-order valence-electron chi connectivity index (χ2n) is 7.14. The molecule has 2 aromatic heterocycles. The number of oxazole rings is 1. The van der Waals surface area contributed by atoms with Crippen molar-refractivity contribution in [3.8, 4) is 0 Å². The van der Waals surface area contributed by atoms with Gasteiger partial charge in [0, 0.05) is 45.2 Å². The van der Waals surface area contributed by atoms with Crippen molar-refractivity contribution in [2.45, 2.75) is 37.6 Å². The first-order valence-corrected chi connectivity index (χ1v) is 10.5. The third-order valence-corrected chi connectivity index (χ3v) is 6.51. The number of nitrogens with zero attached hydrogens (tertiary/aromatic N) is 3. The van der Waals surface area contributed by atoms with Gasteiger partial charge < -0.3 is 8.98 Å². The lowest BCUT2D eigenvalue weighted by Gasteiger charge is -2.18. The second kappa shape index (κ2) is 6.65. The molecule has 0 aliphatic carbocycles. The minimum atomic E-state index is -3.69. The molecule has 4 rings (SSSR count). The van der Waals surface area contributed by atoms with Crippen LogP contribution in [0.1, 0.15) is 24.9 Å². The molecule has 1 unspecified atom stereocenters. The summed E-state index contributed by atoms with van der Waals surface area (Å²) in [5, 5.41) is 0. The van der Waals surface area contributed by atoms with Crippen LogP contribution in [0.2, 0.25) is 0 Å². The summed E-state index contributed by atoms with van der Waals surface area (Å²) < 4.78 is 36.2. The number of hydrogen-bond donors (Lipinski definition) is 1. The summed E-state index contributed by atoms with van der Waals surface area (Å²) in [6.07, 6.45) is 4.65. The first-order chi connectivity index (χ1) is 12.8. The van der Waals surface area contributed by atoms with Gasteiger partial charge in [-0.2, -0.15) is 0 Å². The molecule has 3 heterocycles. The summed E-state index contributed by atoms with van der Waals surface area (Å²) in [5.74, 6) is 1.20. The standard InChI is InChI=1S/C18H22N4O4S/c1-12-6-8-22-11-13(20-17(22)9-12)5-7-19-27(24,25)14-3-4-15-16(10-14)26-18(23)21(15)2/h3-4,10-12,19H,5-9H2,1-2H3. The maximum atomic E-state index is 12.5. The number of rotatable bonds is 5. The molecule has 8 nitrogen and oxygen atoms in total. The lowest BCUT2D eigenvalue weighted by atomic mass is 10.0. The van der Waals surface area contributed by atoms with Crippen LogP contribution in [0.4, 0.5) is 0 Å². The zero-order chi connectivity index (χ0) is 19.2. The smallest absolute Gasteiger partial charge is 0.408 e. The normalized spacial score (nSPS) is 17.3. The highest BCUT2D eigenvalue weighted by Gasteiger charge is 2.19. The van der Waals surface area contributed by atoms with Gasteiger partial charge in [0.25, 0.3) is 0 Å². The van der Waals surface area contributed by atoms with E-state index < -0.39 is 15.8 Å². The van der Waals surface area contributed by atoms with Crippen molar-refractivity contribution < 1.29 is 12.8 Å². The van der Waals surface area contributed by atoms with Crippen molar-refractivity contribution in [3.05, 3.63) is 46.5 Å². The van der Waals surface area contributed by atoms with Gasteiger partial charge in [-0.25, -0.2) is 22.9 Å². The Hall–Kier alpha value is -2.39. The Balaban J connectivity index is 1.45. The van der Waals surface area contributed by atoms with Crippen LogP contribution in [0.5, 0.6) is 0 Å². The van der Waals surface area contributed by atoms with E-state index in [-0.39, 0.29) is 17.0 Å². The predicted octanol–water partition coefficient (Wildman–Crippen LogP) is 1.43. The van der Waals surface area contributed by atoms with Crippen molar-refractivity contribution in [2.75, 3.05) is 6.54 Å². The Morgan fingerprint density at radius 2 is 2.19 bits per heavy atom. The molecule has 1 aliphatic heterocycles. The number of sulfonamides is 1. The zero-order valence-electron chi connectivity index (χ0n) is 15.3. The molecule has 0 amide bonds. The van der Waals surface area contributed by atoms with E-state index in [0.717, 1.165) is 30.9 Å². The molecule has 0 fully saturated rings. The van der Waals surface area contributed by atoms with Crippen LogP contribution in [0.15, 0.2) is 38.5 Å². The molecule has 1 aliphatic rings. The van der Waals surface area contributed by atoms with Crippen LogP contribution < -0.4 is 10.5 Å². The van der Waals surface area contributed by atoms with Crippen LogP contribution >= 0.6 is 0 Å². The molecule has 3 aromatic rings. The van der Waals surface area contributed by atoms with Crippen LogP contribution in [0.3, 0.4) is 0 Å².